The summed E-state index contributed by atoms with van der Waals surface area (Å²) in [6.45, 7) is 0. The maximum absolute atomic E-state index is 6.61. The summed E-state index contributed by atoms with van der Waals surface area (Å²) in [7, 11) is 0. The van der Waals surface area contributed by atoms with Crippen molar-refractivity contribution in [2.24, 2.45) is 0 Å². The zero-order chi connectivity index (χ0) is 41.2. The fraction of sp³-hybridized carbons (Fsp3) is 0. The standard InChI is InChI=1S/C57H32N4O2/c1-2-12-33(13-3-1)55-58-56(60-57(59-55)42-20-11-23-51-54(42)41-18-8-9-22-49(41)62-51)38-24-26-50-45(30-38)53-40-19-10-21-46(39(40)25-27-52(53)63-50)61-47-31-36-16-6-4-14-34(36)28-43(47)44-29-35-15-5-7-17-37(35)32-48(44)61/h1-32H. The van der Waals surface area contributed by atoms with Crippen molar-refractivity contribution in [2.75, 3.05) is 0 Å². The Labute approximate surface area is 358 Å². The number of hydrogen-bond acceptors (Lipinski definition) is 5. The minimum atomic E-state index is 0.575. The molecule has 0 aliphatic rings. The number of furan rings is 2. The number of rotatable bonds is 4. The van der Waals surface area contributed by atoms with Crippen LogP contribution in [0.3, 0.4) is 0 Å². The topological polar surface area (TPSA) is 69.9 Å². The Kier molecular flexibility index (Phi) is 7.02. The van der Waals surface area contributed by atoms with Crippen LogP contribution in [0.4, 0.5) is 0 Å². The summed E-state index contributed by atoms with van der Waals surface area (Å²) in [6, 6.07) is 68.1. The van der Waals surface area contributed by atoms with E-state index in [-0.39, 0.29) is 0 Å². The van der Waals surface area contributed by atoms with Crippen molar-refractivity contribution in [1.82, 2.24) is 19.5 Å². The van der Waals surface area contributed by atoms with Crippen molar-refractivity contribution in [3.63, 3.8) is 0 Å². The monoisotopic (exact) mass is 804 g/mol. The van der Waals surface area contributed by atoms with Crippen LogP contribution < -0.4 is 0 Å². The highest BCUT2D eigenvalue weighted by Gasteiger charge is 2.21. The Bertz CT molecular complexity index is 4120. The number of benzene rings is 10. The van der Waals surface area contributed by atoms with E-state index in [2.05, 4.69) is 126 Å². The molecule has 10 aromatic carbocycles. The first-order valence-corrected chi connectivity index (χ1v) is 21.2. The number of hydrogen-bond donors (Lipinski definition) is 0. The van der Waals surface area contributed by atoms with Gasteiger partial charge in [-0.1, -0.05) is 121 Å². The molecule has 0 N–H and O–H groups in total. The lowest BCUT2D eigenvalue weighted by Gasteiger charge is -2.13. The third-order valence-corrected chi connectivity index (χ3v) is 12.8. The minimum absolute atomic E-state index is 0.575. The summed E-state index contributed by atoms with van der Waals surface area (Å²) < 4.78 is 15.4. The van der Waals surface area contributed by atoms with E-state index in [0.717, 1.165) is 77.0 Å². The SMILES string of the molecule is c1ccc(-c2nc(-c3ccc4oc5ccc6c(-n7c8cc9ccccc9cc8c8cc9ccccc9cc87)cccc6c5c4c3)nc(-c3cccc4oc5ccccc5c34)n2)cc1. The molecule has 0 saturated heterocycles. The molecule has 63 heavy (non-hydrogen) atoms. The van der Waals surface area contributed by atoms with Gasteiger partial charge in [0.25, 0.3) is 0 Å². The fourth-order valence-electron chi connectivity index (χ4n) is 9.90. The third-order valence-electron chi connectivity index (χ3n) is 12.8. The summed E-state index contributed by atoms with van der Waals surface area (Å²) in [5.41, 5.74) is 9.35. The predicted octanol–water partition coefficient (Wildman–Crippen LogP) is 15.2. The normalized spacial score (nSPS) is 12.1. The molecule has 0 bridgehead atoms. The second-order valence-electron chi connectivity index (χ2n) is 16.3. The lowest BCUT2D eigenvalue weighted by Crippen LogP contribution is -2.00. The molecule has 6 heteroatoms. The molecule has 4 aromatic heterocycles. The molecule has 4 heterocycles. The Morgan fingerprint density at radius 1 is 0.317 bits per heavy atom. The van der Waals surface area contributed by atoms with E-state index in [0.29, 0.717) is 17.5 Å². The fourth-order valence-corrected chi connectivity index (χ4v) is 9.90. The molecule has 0 saturated carbocycles. The first-order chi connectivity index (χ1) is 31.2. The van der Waals surface area contributed by atoms with E-state index >= 15 is 0 Å². The summed E-state index contributed by atoms with van der Waals surface area (Å²) in [5, 5.41) is 13.6. The number of aromatic nitrogens is 4. The molecule has 0 radical (unpaired) electrons. The van der Waals surface area contributed by atoms with E-state index in [1.165, 1.54) is 43.4 Å². The van der Waals surface area contributed by atoms with Crippen LogP contribution >= 0.6 is 0 Å². The number of fused-ring (bicyclic) bond motifs is 13. The second kappa shape index (κ2) is 12.9. The molecule has 6 nitrogen and oxygen atoms in total. The van der Waals surface area contributed by atoms with Crippen LogP contribution in [0.15, 0.2) is 203 Å². The first-order valence-electron chi connectivity index (χ1n) is 21.2. The van der Waals surface area contributed by atoms with Gasteiger partial charge in [-0.25, -0.2) is 15.0 Å². The van der Waals surface area contributed by atoms with Crippen molar-refractivity contribution in [2.45, 2.75) is 0 Å². The van der Waals surface area contributed by atoms with Crippen molar-refractivity contribution in [3.8, 4) is 39.9 Å². The highest BCUT2D eigenvalue weighted by atomic mass is 16.3. The maximum atomic E-state index is 6.61. The van der Waals surface area contributed by atoms with Gasteiger partial charge in [0.1, 0.15) is 22.3 Å². The molecular formula is C57H32N4O2. The van der Waals surface area contributed by atoms with Gasteiger partial charge >= 0.3 is 0 Å². The zero-order valence-corrected chi connectivity index (χ0v) is 33.6. The van der Waals surface area contributed by atoms with Gasteiger partial charge in [0.2, 0.25) is 0 Å². The van der Waals surface area contributed by atoms with Crippen LogP contribution in [-0.4, -0.2) is 19.5 Å². The highest BCUT2D eigenvalue weighted by Crippen LogP contribution is 2.43. The van der Waals surface area contributed by atoms with Gasteiger partial charge in [-0.3, -0.25) is 0 Å². The van der Waals surface area contributed by atoms with Crippen LogP contribution in [0.5, 0.6) is 0 Å². The van der Waals surface area contributed by atoms with Crippen LogP contribution in [0.25, 0.3) is 138 Å². The van der Waals surface area contributed by atoms with Gasteiger partial charge in [0.15, 0.2) is 17.5 Å². The summed E-state index contributed by atoms with van der Waals surface area (Å²) in [5.74, 6) is 1.75. The van der Waals surface area contributed by atoms with Gasteiger partial charge in [0, 0.05) is 54.4 Å². The van der Waals surface area contributed by atoms with Gasteiger partial charge < -0.3 is 13.4 Å². The van der Waals surface area contributed by atoms with Crippen molar-refractivity contribution in [1.29, 1.82) is 0 Å². The molecule has 0 aliphatic carbocycles. The van der Waals surface area contributed by atoms with E-state index in [1.807, 2.05) is 72.8 Å². The largest absolute Gasteiger partial charge is 0.456 e. The van der Waals surface area contributed by atoms with Crippen LogP contribution in [0, 0.1) is 0 Å². The minimum Gasteiger partial charge on any atom is -0.456 e. The molecule has 292 valence electrons. The van der Waals surface area contributed by atoms with Crippen molar-refractivity contribution >= 4 is 98.0 Å². The molecule has 0 atom stereocenters. The van der Waals surface area contributed by atoms with Crippen LogP contribution in [0.2, 0.25) is 0 Å². The van der Waals surface area contributed by atoms with E-state index < -0.39 is 0 Å². The highest BCUT2D eigenvalue weighted by molar-refractivity contribution is 6.22. The molecular weight excluding hydrogens is 773 g/mol. The van der Waals surface area contributed by atoms with E-state index in [4.69, 9.17) is 23.8 Å². The third kappa shape index (κ3) is 5.09. The average molecular weight is 805 g/mol. The molecule has 14 rings (SSSR count). The van der Waals surface area contributed by atoms with E-state index in [1.54, 1.807) is 0 Å². The zero-order valence-electron chi connectivity index (χ0n) is 33.6. The Morgan fingerprint density at radius 2 is 0.873 bits per heavy atom. The van der Waals surface area contributed by atoms with Crippen LogP contribution in [0.1, 0.15) is 0 Å². The Hall–Kier alpha value is -8.61. The molecule has 0 spiro atoms. The predicted molar refractivity (Wildman–Crippen MR) is 258 cm³/mol. The summed E-state index contributed by atoms with van der Waals surface area (Å²) in [4.78, 5) is 15.5. The number of para-hydroxylation sites is 1. The maximum Gasteiger partial charge on any atom is 0.164 e. The number of nitrogens with zero attached hydrogens (tertiary/aromatic N) is 4. The summed E-state index contributed by atoms with van der Waals surface area (Å²) >= 11 is 0. The molecule has 14 aromatic rings. The molecule has 0 aliphatic heterocycles. The average Bonchev–Trinajstić information content (AvgIpc) is 4.01. The quantitative estimate of drug-likeness (QED) is 0.177. The lowest BCUT2D eigenvalue weighted by molar-refractivity contribution is 0.668. The summed E-state index contributed by atoms with van der Waals surface area (Å²) in [6.07, 6.45) is 0. The van der Waals surface area contributed by atoms with E-state index in [9.17, 15) is 0 Å². The molecule has 0 unspecified atom stereocenters. The molecule has 0 fully saturated rings. The lowest BCUT2D eigenvalue weighted by atomic mass is 10.0. The van der Waals surface area contributed by atoms with Crippen molar-refractivity contribution < 1.29 is 8.83 Å². The van der Waals surface area contributed by atoms with Crippen LogP contribution in [-0.2, 0) is 0 Å². The van der Waals surface area contributed by atoms with Gasteiger partial charge in [0.05, 0.1) is 16.7 Å². The van der Waals surface area contributed by atoms with Crippen molar-refractivity contribution in [3.05, 3.63) is 194 Å². The van der Waals surface area contributed by atoms with Gasteiger partial charge in [-0.05, 0) is 99.7 Å². The van der Waals surface area contributed by atoms with Gasteiger partial charge in [-0.15, -0.1) is 0 Å². The Balaban J connectivity index is 1.00. The second-order valence-corrected chi connectivity index (χ2v) is 16.3. The Morgan fingerprint density at radius 3 is 1.62 bits per heavy atom. The smallest absolute Gasteiger partial charge is 0.164 e. The van der Waals surface area contributed by atoms with Gasteiger partial charge in [-0.2, -0.15) is 0 Å². The first kappa shape index (κ1) is 34.1. The molecule has 0 amide bonds.